The van der Waals surface area contributed by atoms with Crippen LogP contribution in [0.4, 0.5) is 5.69 Å². The Morgan fingerprint density at radius 3 is 2.33 bits per heavy atom. The summed E-state index contributed by atoms with van der Waals surface area (Å²) in [4.78, 5) is 5.70. The number of thiophene rings is 1. The molecule has 0 bridgehead atoms. The number of para-hydroxylation sites is 2. The Hall–Kier alpha value is -5.77. The maximum absolute atomic E-state index is 6.57. The number of hydrogen-bond donors (Lipinski definition) is 0. The van der Waals surface area contributed by atoms with Gasteiger partial charge in [-0.15, -0.1) is 11.3 Å². The SMILES string of the molecule is c1ccc2c(c1)N=C(c1cccc3c1sc1ccccc13)C([C@H]1c3cc4oc5ccccc5c4cc3-c3ccc4ccccc4c31)=C1CC12. The molecule has 0 N–H and O–H groups in total. The minimum atomic E-state index is 0.0198. The van der Waals surface area contributed by atoms with Crippen molar-refractivity contribution in [2.24, 2.45) is 4.99 Å². The standard InChI is InChI=1S/C46H27NOS/c1-2-11-26-25(10-1)20-21-30-34-22-35-28-13-4-7-18-39(28)48-40(35)24-37(34)43(42(26)30)44-36-23-33(36)27-12-3-6-17-38(27)47-45(44)32-16-9-15-31-29-14-5-8-19-41(29)49-46(31)32/h1-22,24,33,43H,23H2/t33?,43-/m0/s1. The molecule has 1 fully saturated rings. The normalized spacial score (nSPS) is 17.8. The molecule has 7 aromatic carbocycles. The van der Waals surface area contributed by atoms with Crippen LogP contribution < -0.4 is 0 Å². The average molecular weight is 642 g/mol. The lowest BCUT2D eigenvalue weighted by Crippen LogP contribution is -2.14. The molecule has 3 heteroatoms. The summed E-state index contributed by atoms with van der Waals surface area (Å²) in [6.45, 7) is 0. The number of furan rings is 1. The maximum Gasteiger partial charge on any atom is 0.135 e. The summed E-state index contributed by atoms with van der Waals surface area (Å²) >= 11 is 1.89. The van der Waals surface area contributed by atoms with E-state index in [2.05, 4.69) is 140 Å². The Morgan fingerprint density at radius 1 is 0.571 bits per heavy atom. The molecule has 3 aliphatic rings. The molecular weight excluding hydrogens is 615 g/mol. The lowest BCUT2D eigenvalue weighted by Gasteiger charge is -2.22. The molecule has 0 saturated heterocycles. The molecule has 9 aromatic rings. The molecule has 1 saturated carbocycles. The van der Waals surface area contributed by atoms with Crippen molar-refractivity contribution in [3.63, 3.8) is 0 Å². The summed E-state index contributed by atoms with van der Waals surface area (Å²) in [6.07, 6.45) is 1.06. The second-order valence-corrected chi connectivity index (χ2v) is 14.8. The molecule has 1 unspecified atom stereocenters. The van der Waals surface area contributed by atoms with E-state index in [1.807, 2.05) is 11.3 Å². The van der Waals surface area contributed by atoms with Gasteiger partial charge >= 0.3 is 0 Å². The number of nitrogens with zero attached hydrogens (tertiary/aromatic N) is 1. The van der Waals surface area contributed by atoms with Crippen molar-refractivity contribution in [1.82, 2.24) is 0 Å². The molecule has 228 valence electrons. The number of fused-ring (bicyclic) bond motifs is 14. The molecule has 2 atom stereocenters. The largest absolute Gasteiger partial charge is 0.456 e. The van der Waals surface area contributed by atoms with Gasteiger partial charge in [0.2, 0.25) is 0 Å². The Labute approximate surface area is 286 Å². The van der Waals surface area contributed by atoms with E-state index in [1.54, 1.807) is 0 Å². The van der Waals surface area contributed by atoms with Crippen molar-refractivity contribution < 1.29 is 4.42 Å². The zero-order valence-corrected chi connectivity index (χ0v) is 27.2. The highest BCUT2D eigenvalue weighted by Gasteiger charge is 2.45. The summed E-state index contributed by atoms with van der Waals surface area (Å²) in [5.74, 6) is 0.401. The van der Waals surface area contributed by atoms with E-state index in [9.17, 15) is 0 Å². The molecule has 2 aromatic heterocycles. The third-order valence-electron chi connectivity index (χ3n) is 11.2. The first-order valence-corrected chi connectivity index (χ1v) is 17.9. The molecular formula is C46H27NOS. The zero-order chi connectivity index (χ0) is 31.8. The molecule has 3 heterocycles. The van der Waals surface area contributed by atoms with Gasteiger partial charge in [0.15, 0.2) is 0 Å². The van der Waals surface area contributed by atoms with Gasteiger partial charge in [-0.1, -0.05) is 115 Å². The van der Waals surface area contributed by atoms with Gasteiger partial charge in [0.1, 0.15) is 11.2 Å². The molecule has 2 nitrogen and oxygen atoms in total. The van der Waals surface area contributed by atoms with Crippen molar-refractivity contribution in [3.8, 4) is 11.1 Å². The Kier molecular flexibility index (Phi) is 5.05. The second-order valence-electron chi connectivity index (χ2n) is 13.7. The van der Waals surface area contributed by atoms with Crippen LogP contribution in [0.25, 0.3) is 64.0 Å². The maximum atomic E-state index is 6.57. The fourth-order valence-electron chi connectivity index (χ4n) is 8.99. The van der Waals surface area contributed by atoms with Crippen molar-refractivity contribution in [1.29, 1.82) is 0 Å². The van der Waals surface area contributed by atoms with E-state index in [-0.39, 0.29) is 5.92 Å². The Balaban J connectivity index is 1.21. The smallest absolute Gasteiger partial charge is 0.135 e. The fraction of sp³-hybridized carbons (Fsp3) is 0.0652. The Bertz CT molecular complexity index is 2990. The summed E-state index contributed by atoms with van der Waals surface area (Å²) in [5.41, 5.74) is 14.9. The topological polar surface area (TPSA) is 25.5 Å². The molecule has 1 aliphatic heterocycles. The zero-order valence-electron chi connectivity index (χ0n) is 26.4. The molecule has 0 radical (unpaired) electrons. The van der Waals surface area contributed by atoms with Crippen LogP contribution in [-0.2, 0) is 0 Å². The highest BCUT2D eigenvalue weighted by Crippen LogP contribution is 2.61. The van der Waals surface area contributed by atoms with E-state index in [1.165, 1.54) is 86.2 Å². The predicted octanol–water partition coefficient (Wildman–Crippen LogP) is 12.8. The van der Waals surface area contributed by atoms with Gasteiger partial charge in [0.25, 0.3) is 0 Å². The van der Waals surface area contributed by atoms with Crippen LogP contribution in [0.3, 0.4) is 0 Å². The third kappa shape index (κ3) is 3.53. The lowest BCUT2D eigenvalue weighted by molar-refractivity contribution is 0.668. The molecule has 49 heavy (non-hydrogen) atoms. The van der Waals surface area contributed by atoms with Crippen LogP contribution in [0.1, 0.15) is 40.5 Å². The number of hydrogen-bond acceptors (Lipinski definition) is 3. The van der Waals surface area contributed by atoms with Crippen LogP contribution in [0.2, 0.25) is 0 Å². The average Bonchev–Trinajstić information content (AvgIpc) is 3.60. The number of aliphatic imine (C=N–C) groups is 1. The van der Waals surface area contributed by atoms with Gasteiger partial charge in [-0.2, -0.15) is 0 Å². The number of benzene rings is 7. The minimum Gasteiger partial charge on any atom is -0.456 e. The van der Waals surface area contributed by atoms with Gasteiger partial charge in [0, 0.05) is 48.3 Å². The lowest BCUT2D eigenvalue weighted by atomic mass is 9.81. The van der Waals surface area contributed by atoms with E-state index in [0.717, 1.165) is 29.0 Å². The molecule has 0 amide bonds. The third-order valence-corrected chi connectivity index (χ3v) is 12.4. The Morgan fingerprint density at radius 2 is 1.37 bits per heavy atom. The van der Waals surface area contributed by atoms with Crippen LogP contribution in [0.15, 0.2) is 160 Å². The van der Waals surface area contributed by atoms with Crippen LogP contribution in [-0.4, -0.2) is 5.71 Å². The van der Waals surface area contributed by atoms with Crippen LogP contribution in [0.5, 0.6) is 0 Å². The van der Waals surface area contributed by atoms with E-state index in [0.29, 0.717) is 5.92 Å². The summed E-state index contributed by atoms with van der Waals surface area (Å²) in [5, 5.41) is 7.54. The highest BCUT2D eigenvalue weighted by atomic mass is 32.1. The molecule has 0 spiro atoms. The molecule has 2 aliphatic carbocycles. The van der Waals surface area contributed by atoms with Gasteiger partial charge in [0.05, 0.1) is 11.4 Å². The van der Waals surface area contributed by atoms with Gasteiger partial charge in [-0.05, 0) is 80.9 Å². The monoisotopic (exact) mass is 641 g/mol. The van der Waals surface area contributed by atoms with E-state index in [4.69, 9.17) is 9.41 Å². The number of allylic oxidation sites excluding steroid dienone is 2. The first-order valence-electron chi connectivity index (χ1n) is 17.1. The van der Waals surface area contributed by atoms with Crippen molar-refractivity contribution >= 4 is 75.6 Å². The van der Waals surface area contributed by atoms with Crippen LogP contribution in [0, 0.1) is 0 Å². The van der Waals surface area contributed by atoms with Gasteiger partial charge in [-0.3, -0.25) is 0 Å². The summed E-state index contributed by atoms with van der Waals surface area (Å²) in [7, 11) is 0. The predicted molar refractivity (Wildman–Crippen MR) is 205 cm³/mol. The summed E-state index contributed by atoms with van der Waals surface area (Å²) < 4.78 is 9.19. The van der Waals surface area contributed by atoms with Crippen molar-refractivity contribution in [2.75, 3.05) is 0 Å². The quantitative estimate of drug-likeness (QED) is 0.184. The van der Waals surface area contributed by atoms with E-state index >= 15 is 0 Å². The van der Waals surface area contributed by atoms with Crippen LogP contribution >= 0.6 is 11.3 Å². The second kappa shape index (κ2) is 9.43. The summed E-state index contributed by atoms with van der Waals surface area (Å²) in [6, 6.07) is 51.2. The first-order chi connectivity index (χ1) is 24.3. The first kappa shape index (κ1) is 26.2. The number of rotatable bonds is 2. The van der Waals surface area contributed by atoms with Gasteiger partial charge in [-0.25, -0.2) is 4.99 Å². The van der Waals surface area contributed by atoms with E-state index < -0.39 is 0 Å². The molecule has 12 rings (SSSR count). The highest BCUT2D eigenvalue weighted by molar-refractivity contribution is 7.26. The van der Waals surface area contributed by atoms with Crippen molar-refractivity contribution in [2.45, 2.75) is 18.3 Å². The fourth-order valence-corrected chi connectivity index (χ4v) is 10.2. The van der Waals surface area contributed by atoms with Crippen molar-refractivity contribution in [3.05, 3.63) is 173 Å². The minimum absolute atomic E-state index is 0.0198. The van der Waals surface area contributed by atoms with Gasteiger partial charge < -0.3 is 4.42 Å².